The maximum absolute atomic E-state index is 12.9. The Hall–Kier alpha value is -2.94. The minimum atomic E-state index is -3.69. The van der Waals surface area contributed by atoms with E-state index in [1.165, 1.54) is 6.26 Å². The second-order valence-corrected chi connectivity index (χ2v) is 7.45. The largest absolute Gasteiger partial charge is 0.461 e. The number of hydrogen-bond acceptors (Lipinski definition) is 7. The van der Waals surface area contributed by atoms with Gasteiger partial charge in [-0.15, -0.1) is 0 Å². The maximum Gasteiger partial charge on any atom is 0.307 e. The summed E-state index contributed by atoms with van der Waals surface area (Å²) in [6.07, 6.45) is 1.15. The lowest BCUT2D eigenvalue weighted by Gasteiger charge is -2.05. The topological polar surface area (TPSA) is 99.6 Å². The number of ether oxygens (including phenoxy) is 1. The monoisotopic (exact) mass is 379 g/mol. The van der Waals surface area contributed by atoms with Gasteiger partial charge < -0.3 is 13.7 Å². The zero-order valence-corrected chi connectivity index (χ0v) is 14.2. The summed E-state index contributed by atoms with van der Waals surface area (Å²) in [7, 11) is -3.69. The van der Waals surface area contributed by atoms with Crippen molar-refractivity contribution in [3.63, 3.8) is 0 Å². The molecule has 136 valence electrons. The smallest absolute Gasteiger partial charge is 0.307 e. The summed E-state index contributed by atoms with van der Waals surface area (Å²) < 4.78 is 52.2. The second-order valence-electron chi connectivity index (χ2n) is 5.34. The Kier molecular flexibility index (Phi) is 5.17. The minimum Gasteiger partial charge on any atom is -0.461 e. The number of rotatable bonds is 7. The van der Waals surface area contributed by atoms with Crippen LogP contribution >= 0.6 is 0 Å². The van der Waals surface area contributed by atoms with Gasteiger partial charge in [0.1, 0.15) is 18.1 Å². The normalized spacial score (nSPS) is 11.4. The molecule has 3 rings (SSSR count). The van der Waals surface area contributed by atoms with E-state index in [9.17, 15) is 17.6 Å². The summed E-state index contributed by atoms with van der Waals surface area (Å²) >= 11 is 0. The molecular formula is C17H14FNO6S. The Balaban J connectivity index is 1.51. The van der Waals surface area contributed by atoms with Crippen LogP contribution < -0.4 is 0 Å². The quantitative estimate of drug-likeness (QED) is 0.459. The lowest BCUT2D eigenvalue weighted by molar-refractivity contribution is -0.144. The van der Waals surface area contributed by atoms with E-state index >= 15 is 0 Å². The van der Waals surface area contributed by atoms with Gasteiger partial charge in [0, 0.05) is 6.07 Å². The van der Waals surface area contributed by atoms with Crippen LogP contribution in [0.25, 0.3) is 11.5 Å². The summed E-state index contributed by atoms with van der Waals surface area (Å²) in [5, 5.41) is 3.74. The third kappa shape index (κ3) is 4.37. The number of carbonyl (C=O) groups is 1. The lowest BCUT2D eigenvalue weighted by atomic mass is 10.3. The number of furan rings is 1. The third-order valence-corrected chi connectivity index (χ3v) is 5.18. The van der Waals surface area contributed by atoms with Crippen molar-refractivity contribution in [3.05, 3.63) is 60.2 Å². The Morgan fingerprint density at radius 3 is 2.62 bits per heavy atom. The van der Waals surface area contributed by atoms with Crippen LogP contribution in [0, 0.1) is 5.82 Å². The molecule has 0 aliphatic rings. The van der Waals surface area contributed by atoms with E-state index in [-0.39, 0.29) is 17.9 Å². The highest BCUT2D eigenvalue weighted by molar-refractivity contribution is 7.91. The van der Waals surface area contributed by atoms with Gasteiger partial charge in [-0.1, -0.05) is 5.16 Å². The molecule has 2 aromatic heterocycles. The maximum atomic E-state index is 12.9. The molecule has 0 saturated heterocycles. The molecule has 0 N–H and O–H groups in total. The van der Waals surface area contributed by atoms with Crippen molar-refractivity contribution in [2.75, 3.05) is 5.75 Å². The van der Waals surface area contributed by atoms with Gasteiger partial charge in [0.2, 0.25) is 5.76 Å². The zero-order chi connectivity index (χ0) is 18.6. The van der Waals surface area contributed by atoms with Gasteiger partial charge >= 0.3 is 5.97 Å². The highest BCUT2D eigenvalue weighted by atomic mass is 32.2. The van der Waals surface area contributed by atoms with E-state index in [1.807, 2.05) is 0 Å². The number of aromatic nitrogens is 1. The van der Waals surface area contributed by atoms with Crippen LogP contribution in [0.3, 0.4) is 0 Å². The Morgan fingerprint density at radius 2 is 1.92 bits per heavy atom. The van der Waals surface area contributed by atoms with Gasteiger partial charge in [-0.3, -0.25) is 4.79 Å². The first kappa shape index (κ1) is 17.9. The molecule has 1 aromatic carbocycles. The van der Waals surface area contributed by atoms with Crippen LogP contribution in [0.15, 0.2) is 62.6 Å². The Morgan fingerprint density at radius 1 is 1.15 bits per heavy atom. The van der Waals surface area contributed by atoms with Crippen LogP contribution in [-0.4, -0.2) is 25.3 Å². The summed E-state index contributed by atoms with van der Waals surface area (Å²) in [6, 6.07) is 9.35. The van der Waals surface area contributed by atoms with E-state index in [0.29, 0.717) is 17.2 Å². The van der Waals surface area contributed by atoms with Crippen LogP contribution in [0.1, 0.15) is 12.1 Å². The number of esters is 1. The van der Waals surface area contributed by atoms with Gasteiger partial charge in [0.25, 0.3) is 0 Å². The van der Waals surface area contributed by atoms with Crippen molar-refractivity contribution >= 4 is 15.8 Å². The number of hydrogen-bond donors (Lipinski definition) is 0. The van der Waals surface area contributed by atoms with Crippen molar-refractivity contribution in [2.45, 2.75) is 17.9 Å². The van der Waals surface area contributed by atoms with E-state index in [0.717, 1.165) is 24.3 Å². The fourth-order valence-corrected chi connectivity index (χ4v) is 3.34. The highest BCUT2D eigenvalue weighted by Crippen LogP contribution is 2.21. The first-order valence-corrected chi connectivity index (χ1v) is 9.23. The standard InChI is InChI=1S/C17H14FNO6S/c18-12-3-5-14(6-4-12)26(21,22)9-7-17(20)24-11-13-10-16(25-19-13)15-2-1-8-23-15/h1-6,8,10H,7,9,11H2. The van der Waals surface area contributed by atoms with E-state index in [1.54, 1.807) is 18.2 Å². The number of carbonyl (C=O) groups excluding carboxylic acids is 1. The molecule has 0 saturated carbocycles. The molecule has 26 heavy (non-hydrogen) atoms. The SMILES string of the molecule is O=C(CCS(=O)(=O)c1ccc(F)cc1)OCc1cc(-c2ccco2)on1. The average Bonchev–Trinajstić information content (AvgIpc) is 3.30. The first-order valence-electron chi connectivity index (χ1n) is 7.57. The molecule has 3 aromatic rings. The van der Waals surface area contributed by atoms with Gasteiger partial charge in [0.15, 0.2) is 15.6 Å². The molecule has 2 heterocycles. The molecule has 0 bridgehead atoms. The van der Waals surface area contributed by atoms with Crippen molar-refractivity contribution in [2.24, 2.45) is 0 Å². The molecule has 0 radical (unpaired) electrons. The molecule has 0 atom stereocenters. The first-order chi connectivity index (χ1) is 12.4. The summed E-state index contributed by atoms with van der Waals surface area (Å²) in [5.74, 6) is -0.794. The highest BCUT2D eigenvalue weighted by Gasteiger charge is 2.18. The Labute approximate surface area is 148 Å². The van der Waals surface area contributed by atoms with Crippen molar-refractivity contribution in [1.82, 2.24) is 5.16 Å². The van der Waals surface area contributed by atoms with E-state index in [2.05, 4.69) is 5.16 Å². The van der Waals surface area contributed by atoms with Gasteiger partial charge in [-0.25, -0.2) is 12.8 Å². The van der Waals surface area contributed by atoms with Crippen LogP contribution in [0.2, 0.25) is 0 Å². The lowest BCUT2D eigenvalue weighted by Crippen LogP contribution is -2.13. The van der Waals surface area contributed by atoms with Crippen molar-refractivity contribution in [1.29, 1.82) is 0 Å². The number of benzene rings is 1. The molecule has 0 unspecified atom stereocenters. The molecule has 0 aliphatic carbocycles. The minimum absolute atomic E-state index is 0.0497. The van der Waals surface area contributed by atoms with Crippen LogP contribution in [0.5, 0.6) is 0 Å². The fraction of sp³-hybridized carbons (Fsp3) is 0.176. The Bertz CT molecular complexity index is 977. The molecule has 0 spiro atoms. The van der Waals surface area contributed by atoms with Crippen LogP contribution in [-0.2, 0) is 26.0 Å². The summed E-state index contributed by atoms with van der Waals surface area (Å²) in [5.41, 5.74) is 0.367. The predicted molar refractivity (Wildman–Crippen MR) is 87.1 cm³/mol. The number of nitrogens with zero attached hydrogens (tertiary/aromatic N) is 1. The van der Waals surface area contributed by atoms with E-state index < -0.39 is 27.4 Å². The summed E-state index contributed by atoms with van der Waals surface area (Å²) in [6.45, 7) is -0.153. The van der Waals surface area contributed by atoms with Gasteiger partial charge in [-0.05, 0) is 36.4 Å². The van der Waals surface area contributed by atoms with Gasteiger partial charge in [0.05, 0.1) is 23.3 Å². The number of halogens is 1. The molecule has 0 amide bonds. The van der Waals surface area contributed by atoms with Crippen molar-refractivity contribution in [3.8, 4) is 11.5 Å². The molecular weight excluding hydrogens is 365 g/mol. The average molecular weight is 379 g/mol. The summed E-state index contributed by atoms with van der Waals surface area (Å²) in [4.78, 5) is 11.7. The number of sulfone groups is 1. The second kappa shape index (κ2) is 7.52. The molecule has 0 fully saturated rings. The fourth-order valence-electron chi connectivity index (χ4n) is 2.12. The predicted octanol–water partition coefficient (Wildman–Crippen LogP) is 2.98. The third-order valence-electron chi connectivity index (χ3n) is 3.45. The van der Waals surface area contributed by atoms with Gasteiger partial charge in [-0.2, -0.15) is 0 Å². The molecule has 0 aliphatic heterocycles. The van der Waals surface area contributed by atoms with Crippen LogP contribution in [0.4, 0.5) is 4.39 Å². The van der Waals surface area contributed by atoms with Crippen molar-refractivity contribution < 1.29 is 31.3 Å². The molecule has 9 heteroatoms. The molecule has 7 nitrogen and oxygen atoms in total. The zero-order valence-electron chi connectivity index (χ0n) is 13.4. The van der Waals surface area contributed by atoms with E-state index in [4.69, 9.17) is 13.7 Å².